The largest absolute Gasteiger partial charge is 0.433 e. The van der Waals surface area contributed by atoms with Crippen molar-refractivity contribution in [2.24, 2.45) is 13.0 Å². The summed E-state index contributed by atoms with van der Waals surface area (Å²) in [7, 11) is 3.58. The minimum Gasteiger partial charge on any atom is -0.370 e. The van der Waals surface area contributed by atoms with Gasteiger partial charge in [0.2, 0.25) is 17.7 Å². The number of hydrogen-bond acceptors (Lipinski definition) is 9. The Morgan fingerprint density at radius 2 is 1.70 bits per heavy atom. The number of imide groups is 1. The first-order chi connectivity index (χ1) is 27.3. The van der Waals surface area contributed by atoms with Crippen molar-refractivity contribution < 1.29 is 32.3 Å². The SMILES string of the molecule is CN(C(=O)C1CCC(n2cc3cc(NC(=O)c4cccc(C(F)(F)F)n4)ncc3n2)CC1)C1CCN(c2cccc3c2n(C)c(=O)n3C2CCC(=O)NC2=O)CC1. The average Bonchev–Trinajstić information content (AvgIpc) is 3.75. The Morgan fingerprint density at radius 1 is 0.965 bits per heavy atom. The third-order valence-corrected chi connectivity index (χ3v) is 11.6. The van der Waals surface area contributed by atoms with E-state index in [0.717, 1.165) is 49.0 Å². The molecule has 2 N–H and O–H groups in total. The molecule has 0 radical (unpaired) electrons. The fraction of sp³-hybridized carbons (Fsp3) is 0.436. The number of fused-ring (bicyclic) bond motifs is 2. The molecule has 2 aliphatic heterocycles. The highest BCUT2D eigenvalue weighted by atomic mass is 19.4. The maximum Gasteiger partial charge on any atom is 0.433 e. The van der Waals surface area contributed by atoms with Gasteiger partial charge in [0, 0.05) is 57.1 Å². The van der Waals surface area contributed by atoms with Crippen molar-refractivity contribution in [2.45, 2.75) is 75.7 Å². The number of aryl methyl sites for hydroxylation is 1. The topological polar surface area (TPSA) is 169 Å². The fourth-order valence-corrected chi connectivity index (χ4v) is 8.55. The Hall–Kier alpha value is -6.07. The van der Waals surface area contributed by atoms with Crippen molar-refractivity contribution in [3.63, 3.8) is 0 Å². The average molecular weight is 787 g/mol. The van der Waals surface area contributed by atoms with Crippen LogP contribution in [0.1, 0.15) is 79.6 Å². The standard InChI is InChI=1S/C39H41F3N10O5/c1-48(24-15-17-50(18-16-24)28-6-4-7-29-34(28)49(2)38(57)52(29)30-13-14-33(53)46-36(30)55)37(56)22-9-11-25(12-10-22)51-21-23-19-32(43-20-27(23)47-51)45-35(54)26-5-3-8-31(44-26)39(40,41)42/h3-8,19-22,24-25,30H,9-18H2,1-2H3,(H,45,54)(H,46,53,55). The van der Waals surface area contributed by atoms with E-state index in [2.05, 4.69) is 30.6 Å². The van der Waals surface area contributed by atoms with Gasteiger partial charge >= 0.3 is 11.9 Å². The molecule has 6 heterocycles. The number of halogens is 3. The third-order valence-electron chi connectivity index (χ3n) is 11.6. The van der Waals surface area contributed by atoms with E-state index in [1.807, 2.05) is 41.0 Å². The molecule has 1 unspecified atom stereocenters. The van der Waals surface area contributed by atoms with Crippen LogP contribution in [0.5, 0.6) is 0 Å². The van der Waals surface area contributed by atoms with Crippen LogP contribution in [0.4, 0.5) is 24.7 Å². The van der Waals surface area contributed by atoms with E-state index in [9.17, 15) is 37.1 Å². The Kier molecular flexibility index (Phi) is 9.81. The highest BCUT2D eigenvalue weighted by molar-refractivity contribution is 6.03. The molecule has 57 heavy (non-hydrogen) atoms. The summed E-state index contributed by atoms with van der Waals surface area (Å²) < 4.78 is 44.1. The molecule has 0 spiro atoms. The monoisotopic (exact) mass is 786 g/mol. The van der Waals surface area contributed by atoms with Crippen LogP contribution in [0, 0.1) is 5.92 Å². The van der Waals surface area contributed by atoms with Gasteiger partial charge in [-0.15, -0.1) is 0 Å². The number of nitrogens with one attached hydrogen (secondary N) is 2. The molecule has 298 valence electrons. The summed E-state index contributed by atoms with van der Waals surface area (Å²) in [6.07, 6.45) is 3.50. The predicted octanol–water partition coefficient (Wildman–Crippen LogP) is 4.59. The van der Waals surface area contributed by atoms with Crippen molar-refractivity contribution in [2.75, 3.05) is 30.4 Å². The lowest BCUT2D eigenvalue weighted by atomic mass is 9.84. The van der Waals surface area contributed by atoms with Crippen LogP contribution < -0.4 is 21.2 Å². The lowest BCUT2D eigenvalue weighted by Crippen LogP contribution is -2.47. The molecule has 1 aromatic carbocycles. The number of aromatic nitrogens is 6. The molecule has 3 aliphatic rings. The van der Waals surface area contributed by atoms with Crippen LogP contribution in [0.15, 0.2) is 59.7 Å². The van der Waals surface area contributed by atoms with E-state index in [-0.39, 0.29) is 59.9 Å². The molecule has 8 rings (SSSR count). The lowest BCUT2D eigenvalue weighted by molar-refractivity contribution is -0.141. The first-order valence-electron chi connectivity index (χ1n) is 19.0. The van der Waals surface area contributed by atoms with Crippen molar-refractivity contribution in [3.05, 3.63) is 76.7 Å². The van der Waals surface area contributed by atoms with Gasteiger partial charge < -0.3 is 15.1 Å². The highest BCUT2D eigenvalue weighted by Gasteiger charge is 2.36. The van der Waals surface area contributed by atoms with Crippen LogP contribution in [-0.4, -0.2) is 83.6 Å². The number of carbonyl (C=O) groups is 4. The minimum absolute atomic E-state index is 0.0607. The van der Waals surface area contributed by atoms with E-state index in [4.69, 9.17) is 0 Å². The summed E-state index contributed by atoms with van der Waals surface area (Å²) in [5.41, 5.74) is 1.00. The number of piperidine rings is 2. The van der Waals surface area contributed by atoms with Gasteiger partial charge in [-0.3, -0.25) is 38.3 Å². The number of benzene rings is 1. The first kappa shape index (κ1) is 37.8. The molecule has 3 fully saturated rings. The summed E-state index contributed by atoms with van der Waals surface area (Å²) in [5, 5.41) is 10.2. The number of alkyl halides is 3. The van der Waals surface area contributed by atoms with Gasteiger partial charge in [-0.25, -0.2) is 14.8 Å². The lowest BCUT2D eigenvalue weighted by Gasteiger charge is -2.40. The quantitative estimate of drug-likeness (QED) is 0.224. The van der Waals surface area contributed by atoms with Crippen LogP contribution in [0.3, 0.4) is 0 Å². The molecule has 1 atom stereocenters. The van der Waals surface area contributed by atoms with E-state index < -0.39 is 29.7 Å². The van der Waals surface area contributed by atoms with Crippen LogP contribution in [-0.2, 0) is 27.6 Å². The summed E-state index contributed by atoms with van der Waals surface area (Å²) in [4.78, 5) is 76.1. The molecule has 4 aromatic heterocycles. The summed E-state index contributed by atoms with van der Waals surface area (Å²) in [5.74, 6) is -1.46. The molecule has 2 saturated heterocycles. The zero-order chi connectivity index (χ0) is 40.2. The molecule has 15 nitrogen and oxygen atoms in total. The molecule has 5 aromatic rings. The van der Waals surface area contributed by atoms with Gasteiger partial charge in [-0.2, -0.15) is 18.3 Å². The number of anilines is 2. The van der Waals surface area contributed by atoms with Crippen molar-refractivity contribution in [3.8, 4) is 0 Å². The van der Waals surface area contributed by atoms with Gasteiger partial charge in [0.1, 0.15) is 28.8 Å². The van der Waals surface area contributed by atoms with E-state index >= 15 is 0 Å². The van der Waals surface area contributed by atoms with E-state index in [1.165, 1.54) is 16.8 Å². The van der Waals surface area contributed by atoms with Crippen LogP contribution in [0.25, 0.3) is 21.9 Å². The molecule has 18 heteroatoms. The zero-order valence-corrected chi connectivity index (χ0v) is 31.3. The molecular formula is C39H41F3N10O5. The van der Waals surface area contributed by atoms with E-state index in [0.29, 0.717) is 42.4 Å². The number of para-hydroxylation sites is 1. The predicted molar refractivity (Wildman–Crippen MR) is 202 cm³/mol. The number of amides is 4. The number of pyridine rings is 2. The van der Waals surface area contributed by atoms with Gasteiger partial charge in [0.05, 0.1) is 29.0 Å². The minimum atomic E-state index is -4.68. The molecule has 1 aliphatic carbocycles. The number of rotatable bonds is 7. The second-order valence-corrected chi connectivity index (χ2v) is 15.1. The van der Waals surface area contributed by atoms with Crippen molar-refractivity contribution >= 4 is 57.1 Å². The van der Waals surface area contributed by atoms with Gasteiger partial charge in [0.15, 0.2) is 0 Å². The van der Waals surface area contributed by atoms with Crippen molar-refractivity contribution in [1.29, 1.82) is 0 Å². The van der Waals surface area contributed by atoms with Crippen molar-refractivity contribution in [1.82, 2.24) is 39.1 Å². The smallest absolute Gasteiger partial charge is 0.370 e. The summed E-state index contributed by atoms with van der Waals surface area (Å²) in [6, 6.07) is 9.77. The Labute approximate surface area is 323 Å². The number of nitrogens with zero attached hydrogens (tertiary/aromatic N) is 8. The van der Waals surface area contributed by atoms with Gasteiger partial charge in [-0.1, -0.05) is 12.1 Å². The third kappa shape index (κ3) is 7.23. The van der Waals surface area contributed by atoms with Crippen LogP contribution in [0.2, 0.25) is 0 Å². The highest BCUT2D eigenvalue weighted by Crippen LogP contribution is 2.36. The van der Waals surface area contributed by atoms with Crippen LogP contribution >= 0.6 is 0 Å². The first-order valence-corrected chi connectivity index (χ1v) is 19.0. The Morgan fingerprint density at radius 3 is 2.42 bits per heavy atom. The second kappa shape index (κ2) is 14.8. The summed E-state index contributed by atoms with van der Waals surface area (Å²) >= 11 is 0. The Bertz CT molecular complexity index is 2460. The normalized spacial score (nSPS) is 20.9. The maximum atomic E-state index is 13.8. The van der Waals surface area contributed by atoms with Gasteiger partial charge in [-0.05, 0) is 75.3 Å². The molecule has 0 bridgehead atoms. The summed E-state index contributed by atoms with van der Waals surface area (Å²) in [6.45, 7) is 1.36. The number of carbonyl (C=O) groups excluding carboxylic acids is 4. The second-order valence-electron chi connectivity index (χ2n) is 15.1. The molecule has 1 saturated carbocycles. The maximum absolute atomic E-state index is 13.8. The Balaban J connectivity index is 0.865. The van der Waals surface area contributed by atoms with Gasteiger partial charge in [0.25, 0.3) is 5.91 Å². The molecular weight excluding hydrogens is 745 g/mol. The molecule has 4 amide bonds. The van der Waals surface area contributed by atoms with E-state index in [1.54, 1.807) is 17.7 Å². The number of imidazole rings is 1. The zero-order valence-electron chi connectivity index (χ0n) is 31.3. The number of hydrogen-bond donors (Lipinski definition) is 2. The fourth-order valence-electron chi connectivity index (χ4n) is 8.55.